The molecule has 1 atom stereocenters. The summed E-state index contributed by atoms with van der Waals surface area (Å²) in [6.45, 7) is 4.00. The average Bonchev–Trinajstić information content (AvgIpc) is 1.88. The van der Waals surface area contributed by atoms with Gasteiger partial charge in [0.1, 0.15) is 0 Å². The third kappa shape index (κ3) is 4.21. The Morgan fingerprint density at radius 3 is 2.60 bits per heavy atom. The molecule has 0 aliphatic rings. The molecule has 0 saturated carbocycles. The van der Waals surface area contributed by atoms with Crippen molar-refractivity contribution in [2.75, 3.05) is 6.61 Å². The van der Waals surface area contributed by atoms with Gasteiger partial charge in [-0.15, -0.1) is 0 Å². The molecule has 0 radical (unpaired) electrons. The van der Waals surface area contributed by atoms with E-state index in [-0.39, 0.29) is 5.95 Å². The van der Waals surface area contributed by atoms with Crippen molar-refractivity contribution in [3.63, 3.8) is 0 Å². The van der Waals surface area contributed by atoms with E-state index >= 15 is 0 Å². The van der Waals surface area contributed by atoms with Gasteiger partial charge in [-0.1, -0.05) is 6.92 Å². The van der Waals surface area contributed by atoms with Crippen molar-refractivity contribution >= 4 is 0 Å². The summed E-state index contributed by atoms with van der Waals surface area (Å²) in [6, 6.07) is 0. The monoisotopic (exact) mass is 146 g/mol. The molecule has 0 bridgehead atoms. The quantitative estimate of drug-likeness (QED) is 0.586. The van der Waals surface area contributed by atoms with Crippen LogP contribution in [0.2, 0.25) is 0 Å². The van der Waals surface area contributed by atoms with Crippen LogP contribution < -0.4 is 0 Å². The molecule has 0 aliphatic heterocycles. The molecule has 0 heterocycles. The average molecular weight is 146 g/mol. The lowest BCUT2D eigenvalue weighted by Gasteiger charge is -2.03. The lowest BCUT2D eigenvalue weighted by molar-refractivity contribution is 0.0924. The third-order valence-electron chi connectivity index (χ3n) is 1.05. The summed E-state index contributed by atoms with van der Waals surface area (Å²) in [5, 5.41) is 17.8. The van der Waals surface area contributed by atoms with Gasteiger partial charge >= 0.3 is 0 Å². The van der Waals surface area contributed by atoms with Gasteiger partial charge in [0.2, 0.25) is 0 Å². The summed E-state index contributed by atoms with van der Waals surface area (Å²) < 4.78 is 4.67. The fourth-order valence-electron chi connectivity index (χ4n) is 0.478. The first kappa shape index (κ1) is 9.30. The minimum atomic E-state index is -0.605. The van der Waals surface area contributed by atoms with Crippen molar-refractivity contribution in [1.29, 1.82) is 0 Å². The highest BCUT2D eigenvalue weighted by Crippen LogP contribution is 1.97. The Morgan fingerprint density at radius 2 is 2.20 bits per heavy atom. The first-order valence-corrected chi connectivity index (χ1v) is 3.42. The van der Waals surface area contributed by atoms with E-state index in [9.17, 15) is 0 Å². The zero-order valence-corrected chi connectivity index (χ0v) is 6.37. The summed E-state index contributed by atoms with van der Waals surface area (Å²) >= 11 is 0. The topological polar surface area (TPSA) is 49.7 Å². The second kappa shape index (κ2) is 5.11. The van der Waals surface area contributed by atoms with Gasteiger partial charge in [-0.25, -0.2) is 0 Å². The SMILES string of the molecule is CCOC(O)=CC(O)CC. The van der Waals surface area contributed by atoms with E-state index in [0.717, 1.165) is 0 Å². The molecule has 3 heteroatoms. The van der Waals surface area contributed by atoms with Crippen molar-refractivity contribution in [3.8, 4) is 0 Å². The molecule has 0 aromatic rings. The van der Waals surface area contributed by atoms with Gasteiger partial charge in [0.05, 0.1) is 12.7 Å². The van der Waals surface area contributed by atoms with Crippen molar-refractivity contribution < 1.29 is 14.9 Å². The van der Waals surface area contributed by atoms with Crippen LogP contribution in [0.5, 0.6) is 0 Å². The smallest absolute Gasteiger partial charge is 0.275 e. The van der Waals surface area contributed by atoms with Crippen LogP contribution in [0.3, 0.4) is 0 Å². The Balaban J connectivity index is 3.65. The van der Waals surface area contributed by atoms with Crippen LogP contribution in [0, 0.1) is 0 Å². The predicted molar refractivity (Wildman–Crippen MR) is 38.6 cm³/mol. The standard InChI is InChI=1S/C7H14O3/c1-3-6(8)5-7(9)10-4-2/h5-6,8-9H,3-4H2,1-2H3. The van der Waals surface area contributed by atoms with E-state index in [2.05, 4.69) is 4.74 Å². The second-order valence-electron chi connectivity index (χ2n) is 1.91. The Labute approximate surface area is 60.9 Å². The first-order chi connectivity index (χ1) is 4.70. The van der Waals surface area contributed by atoms with E-state index in [4.69, 9.17) is 10.2 Å². The van der Waals surface area contributed by atoms with E-state index in [1.165, 1.54) is 6.08 Å². The molecular weight excluding hydrogens is 132 g/mol. The number of hydrogen-bond acceptors (Lipinski definition) is 3. The van der Waals surface area contributed by atoms with Gasteiger partial charge in [0.15, 0.2) is 0 Å². The zero-order valence-electron chi connectivity index (χ0n) is 6.37. The number of rotatable bonds is 4. The third-order valence-corrected chi connectivity index (χ3v) is 1.05. The minimum Gasteiger partial charge on any atom is -0.481 e. The summed E-state index contributed by atoms with van der Waals surface area (Å²) in [6.07, 6.45) is 1.26. The maximum atomic E-state index is 8.94. The maximum Gasteiger partial charge on any atom is 0.275 e. The number of hydrogen-bond donors (Lipinski definition) is 2. The first-order valence-electron chi connectivity index (χ1n) is 3.42. The normalized spacial score (nSPS) is 14.9. The van der Waals surface area contributed by atoms with Gasteiger partial charge < -0.3 is 14.9 Å². The molecule has 0 rings (SSSR count). The van der Waals surface area contributed by atoms with Crippen molar-refractivity contribution in [3.05, 3.63) is 12.0 Å². The molecule has 1 unspecified atom stereocenters. The van der Waals surface area contributed by atoms with Crippen LogP contribution in [0.4, 0.5) is 0 Å². The highest BCUT2D eigenvalue weighted by Gasteiger charge is 1.98. The lowest BCUT2D eigenvalue weighted by atomic mass is 10.3. The van der Waals surface area contributed by atoms with Crippen LogP contribution in [-0.4, -0.2) is 22.9 Å². The van der Waals surface area contributed by atoms with Crippen LogP contribution in [0.25, 0.3) is 0 Å². The van der Waals surface area contributed by atoms with Gasteiger partial charge in [-0.2, -0.15) is 0 Å². The van der Waals surface area contributed by atoms with Gasteiger partial charge in [0.25, 0.3) is 5.95 Å². The molecule has 0 aromatic carbocycles. The molecule has 0 amide bonds. The van der Waals surface area contributed by atoms with Crippen LogP contribution >= 0.6 is 0 Å². The maximum absolute atomic E-state index is 8.94. The Morgan fingerprint density at radius 1 is 1.60 bits per heavy atom. The fraction of sp³-hybridized carbons (Fsp3) is 0.714. The van der Waals surface area contributed by atoms with Crippen molar-refractivity contribution in [1.82, 2.24) is 0 Å². The molecule has 0 aromatic heterocycles. The highest BCUT2D eigenvalue weighted by molar-refractivity contribution is 4.87. The molecule has 0 spiro atoms. The number of ether oxygens (including phenoxy) is 1. The Hall–Kier alpha value is -0.700. The minimum absolute atomic E-state index is 0.197. The summed E-state index contributed by atoms with van der Waals surface area (Å²) in [5.41, 5.74) is 0. The second-order valence-corrected chi connectivity index (χ2v) is 1.91. The largest absolute Gasteiger partial charge is 0.481 e. The van der Waals surface area contributed by atoms with E-state index in [1.807, 2.05) is 6.92 Å². The highest BCUT2D eigenvalue weighted by atomic mass is 16.6. The summed E-state index contributed by atoms with van der Waals surface area (Å²) in [4.78, 5) is 0. The van der Waals surface area contributed by atoms with E-state index in [1.54, 1.807) is 6.92 Å². The van der Waals surface area contributed by atoms with Crippen molar-refractivity contribution in [2.45, 2.75) is 26.4 Å². The molecule has 0 aliphatic carbocycles. The Kier molecular flexibility index (Phi) is 4.76. The molecule has 2 N–H and O–H groups in total. The molecule has 0 saturated heterocycles. The van der Waals surface area contributed by atoms with Crippen LogP contribution in [-0.2, 0) is 4.74 Å². The molecule has 10 heavy (non-hydrogen) atoms. The van der Waals surface area contributed by atoms with Crippen LogP contribution in [0.15, 0.2) is 12.0 Å². The van der Waals surface area contributed by atoms with Gasteiger partial charge in [-0.05, 0) is 13.3 Å². The van der Waals surface area contributed by atoms with Gasteiger partial charge in [-0.3, -0.25) is 0 Å². The summed E-state index contributed by atoms with van der Waals surface area (Å²) in [5.74, 6) is -0.197. The van der Waals surface area contributed by atoms with Gasteiger partial charge in [0, 0.05) is 6.08 Å². The fourth-order valence-corrected chi connectivity index (χ4v) is 0.478. The number of aliphatic hydroxyl groups is 2. The molecular formula is C7H14O3. The van der Waals surface area contributed by atoms with Crippen molar-refractivity contribution in [2.24, 2.45) is 0 Å². The number of aliphatic hydroxyl groups excluding tert-OH is 2. The molecule has 0 fully saturated rings. The van der Waals surface area contributed by atoms with E-state index < -0.39 is 6.10 Å². The lowest BCUT2D eigenvalue weighted by Crippen LogP contribution is -2.02. The Bertz CT molecular complexity index is 109. The van der Waals surface area contributed by atoms with E-state index in [0.29, 0.717) is 13.0 Å². The van der Waals surface area contributed by atoms with Crippen LogP contribution in [0.1, 0.15) is 20.3 Å². The predicted octanol–water partition coefficient (Wildman–Crippen LogP) is 1.19. The summed E-state index contributed by atoms with van der Waals surface area (Å²) in [7, 11) is 0. The molecule has 3 nitrogen and oxygen atoms in total. The zero-order chi connectivity index (χ0) is 7.98. The molecule has 60 valence electrons.